The quantitative estimate of drug-likeness (QED) is 0.0628. The molecule has 212 valence electrons. The van der Waals surface area contributed by atoms with Gasteiger partial charge in [-0.2, -0.15) is 0 Å². The lowest BCUT2D eigenvalue weighted by atomic mass is 9.92. The van der Waals surface area contributed by atoms with Gasteiger partial charge in [-0.1, -0.05) is 31.3 Å². The molecular weight excluding hydrogens is 512 g/mol. The van der Waals surface area contributed by atoms with E-state index < -0.39 is 22.2 Å². The highest BCUT2D eigenvalue weighted by Crippen LogP contribution is 2.30. The number of aromatic nitrogens is 1. The summed E-state index contributed by atoms with van der Waals surface area (Å²) in [6.45, 7) is 6.98. The largest absolute Gasteiger partial charge is 0.331 e. The zero-order valence-electron chi connectivity index (χ0n) is 23.9. The van der Waals surface area contributed by atoms with Crippen LogP contribution in [0.25, 0.3) is 16.6 Å². The molecule has 0 spiro atoms. The van der Waals surface area contributed by atoms with Crippen LogP contribution in [0.15, 0.2) is 53.8 Å². The van der Waals surface area contributed by atoms with E-state index in [1.54, 1.807) is 41.1 Å². The van der Waals surface area contributed by atoms with Crippen LogP contribution < -0.4 is 0 Å². The molecule has 1 heterocycles. The van der Waals surface area contributed by atoms with Crippen LogP contribution >= 0.6 is 0 Å². The van der Waals surface area contributed by atoms with Crippen molar-refractivity contribution >= 4 is 39.8 Å². The van der Waals surface area contributed by atoms with E-state index in [2.05, 4.69) is 12.1 Å². The summed E-state index contributed by atoms with van der Waals surface area (Å²) in [5, 5.41) is 15.8. The summed E-state index contributed by atoms with van der Waals surface area (Å²) in [4.78, 5) is 55.9. The molecule has 0 saturated carbocycles. The lowest BCUT2D eigenvalue weighted by Gasteiger charge is -2.30. The lowest BCUT2D eigenvalue weighted by molar-refractivity contribution is -0.384. The lowest BCUT2D eigenvalue weighted by Crippen LogP contribution is -2.45. The Bertz CT molecular complexity index is 1450. The molecule has 0 bridgehead atoms. The maximum Gasteiger partial charge on any atom is 0.331 e. The molecule has 40 heavy (non-hydrogen) atoms. The summed E-state index contributed by atoms with van der Waals surface area (Å²) in [5.74, 6) is -1.16. The first kappa shape index (κ1) is 30.4. The number of carbonyl (C=O) groups is 3. The summed E-state index contributed by atoms with van der Waals surface area (Å²) >= 11 is 0. The normalized spacial score (nSPS) is 12.1. The second kappa shape index (κ2) is 12.8. The molecule has 3 aromatic rings. The number of non-ortho nitro benzene ring substituents is 1. The molecule has 0 atom stereocenters. The maximum absolute atomic E-state index is 13.7. The molecule has 0 aliphatic heterocycles. The first-order valence-corrected chi connectivity index (χ1v) is 13.3. The molecule has 0 fully saturated rings. The van der Waals surface area contributed by atoms with Crippen molar-refractivity contribution in [3.63, 3.8) is 0 Å². The zero-order valence-corrected chi connectivity index (χ0v) is 23.9. The topological polar surface area (TPSA) is 124 Å². The molecule has 10 nitrogen and oxygen atoms in total. The highest BCUT2D eigenvalue weighted by Gasteiger charge is 2.31. The number of Topliss-reactive ketones (excluding diaryl/α,β-unsaturated/α-hetero) is 2. The number of hydrogen-bond acceptors (Lipinski definition) is 8. The van der Waals surface area contributed by atoms with Crippen molar-refractivity contribution in [2.45, 2.75) is 65.3 Å². The SMILES string of the molecule is CCCCCC/C(=N\OC(C)=O)C(=O)c1cn(-c2ccc(C(=O)C(C)(C)N(C)C)cc2)c2ccc([N+](=O)[O-])cc12. The summed E-state index contributed by atoms with van der Waals surface area (Å²) < 4.78 is 1.75. The van der Waals surface area contributed by atoms with E-state index in [9.17, 15) is 24.5 Å². The van der Waals surface area contributed by atoms with E-state index >= 15 is 0 Å². The van der Waals surface area contributed by atoms with Crippen molar-refractivity contribution in [1.82, 2.24) is 9.47 Å². The van der Waals surface area contributed by atoms with Crippen LogP contribution in [0.2, 0.25) is 0 Å². The van der Waals surface area contributed by atoms with Crippen LogP contribution in [0.5, 0.6) is 0 Å². The number of nitrogens with zero attached hydrogens (tertiary/aromatic N) is 4. The van der Waals surface area contributed by atoms with Gasteiger partial charge in [-0.15, -0.1) is 0 Å². The Morgan fingerprint density at radius 2 is 1.73 bits per heavy atom. The average Bonchev–Trinajstić information content (AvgIpc) is 3.30. The third-order valence-corrected chi connectivity index (χ3v) is 7.14. The summed E-state index contributed by atoms with van der Waals surface area (Å²) in [7, 11) is 3.69. The number of likely N-dealkylation sites (N-methyl/N-ethyl adjacent to an activating group) is 1. The van der Waals surface area contributed by atoms with Crippen molar-refractivity contribution in [3.05, 3.63) is 69.9 Å². The van der Waals surface area contributed by atoms with Gasteiger partial charge in [0.15, 0.2) is 5.78 Å². The molecule has 0 aliphatic rings. The van der Waals surface area contributed by atoms with Crippen LogP contribution in [0.3, 0.4) is 0 Å². The molecule has 3 rings (SSSR count). The minimum Gasteiger partial charge on any atom is -0.318 e. The van der Waals surface area contributed by atoms with Crippen LogP contribution in [0.4, 0.5) is 5.69 Å². The van der Waals surface area contributed by atoms with Crippen molar-refractivity contribution in [2.75, 3.05) is 14.1 Å². The number of hydrogen-bond donors (Lipinski definition) is 0. The van der Waals surface area contributed by atoms with E-state index in [-0.39, 0.29) is 22.7 Å². The van der Waals surface area contributed by atoms with Gasteiger partial charge in [0, 0.05) is 41.9 Å². The van der Waals surface area contributed by atoms with Crippen molar-refractivity contribution < 1.29 is 24.1 Å². The highest BCUT2D eigenvalue weighted by molar-refractivity contribution is 6.47. The van der Waals surface area contributed by atoms with Gasteiger partial charge in [0.25, 0.3) is 5.69 Å². The minimum absolute atomic E-state index is 0.0395. The average molecular weight is 549 g/mol. The molecule has 10 heteroatoms. The highest BCUT2D eigenvalue weighted by atomic mass is 16.7. The summed E-state index contributed by atoms with van der Waals surface area (Å²) in [5.41, 5.74) is 1.19. The number of nitro benzene ring substituents is 1. The number of benzene rings is 2. The number of rotatable bonds is 13. The first-order valence-electron chi connectivity index (χ1n) is 13.3. The van der Waals surface area contributed by atoms with Crippen molar-refractivity contribution in [1.29, 1.82) is 0 Å². The number of carbonyl (C=O) groups excluding carboxylic acids is 3. The second-order valence-electron chi connectivity index (χ2n) is 10.5. The molecule has 0 N–H and O–H groups in total. The van der Waals surface area contributed by atoms with E-state index in [1.165, 1.54) is 19.1 Å². The Labute approximate surface area is 233 Å². The van der Waals surface area contributed by atoms with E-state index in [0.717, 1.165) is 19.3 Å². The Balaban J connectivity index is 2.10. The Morgan fingerprint density at radius 1 is 1.05 bits per heavy atom. The summed E-state index contributed by atoms with van der Waals surface area (Å²) in [6.07, 6.45) is 5.46. The smallest absolute Gasteiger partial charge is 0.318 e. The Kier molecular flexibility index (Phi) is 9.70. The molecule has 0 unspecified atom stereocenters. The molecule has 0 amide bonds. The molecule has 0 saturated heterocycles. The number of oxime groups is 1. The molecule has 1 aromatic heterocycles. The summed E-state index contributed by atoms with van der Waals surface area (Å²) in [6, 6.07) is 11.3. The predicted molar refractivity (Wildman–Crippen MR) is 154 cm³/mol. The van der Waals surface area contributed by atoms with Crippen LogP contribution in [-0.4, -0.2) is 57.3 Å². The minimum atomic E-state index is -0.699. The number of unbranched alkanes of at least 4 members (excludes halogenated alkanes) is 3. The van der Waals surface area contributed by atoms with Crippen molar-refractivity contribution in [2.24, 2.45) is 5.16 Å². The van der Waals surface area contributed by atoms with Gasteiger partial charge in [0.05, 0.1) is 21.5 Å². The number of fused-ring (bicyclic) bond motifs is 1. The second-order valence-corrected chi connectivity index (χ2v) is 10.5. The first-order chi connectivity index (χ1) is 18.9. The van der Waals surface area contributed by atoms with Crippen LogP contribution in [0, 0.1) is 10.1 Å². The zero-order chi connectivity index (χ0) is 29.6. The van der Waals surface area contributed by atoms with Gasteiger partial charge < -0.3 is 9.40 Å². The Hall–Kier alpha value is -4.18. The third kappa shape index (κ3) is 6.69. The standard InChI is InChI=1S/C30H36N4O6/c1-7-8-9-10-11-26(31-40-20(2)35)28(36)25-19-33(27-17-16-23(34(38)39)18-24(25)27)22-14-12-21(13-15-22)29(37)30(3,4)32(5)6/h12-19H,7-11H2,1-6H3/b31-26+. The fourth-order valence-electron chi connectivity index (χ4n) is 4.25. The molecule has 0 aliphatic carbocycles. The van der Waals surface area contributed by atoms with Gasteiger partial charge in [-0.05, 0) is 71.1 Å². The van der Waals surface area contributed by atoms with E-state index in [0.29, 0.717) is 35.0 Å². The fraction of sp³-hybridized carbons (Fsp3) is 0.400. The molecule has 0 radical (unpaired) electrons. The van der Waals surface area contributed by atoms with Gasteiger partial charge in [-0.3, -0.25) is 24.6 Å². The number of nitro groups is 1. The van der Waals surface area contributed by atoms with Gasteiger partial charge in [0.2, 0.25) is 5.78 Å². The monoisotopic (exact) mass is 548 g/mol. The van der Waals surface area contributed by atoms with E-state index in [1.807, 2.05) is 32.8 Å². The van der Waals surface area contributed by atoms with Gasteiger partial charge >= 0.3 is 5.97 Å². The van der Waals surface area contributed by atoms with E-state index in [4.69, 9.17) is 4.84 Å². The van der Waals surface area contributed by atoms with Gasteiger partial charge in [0.1, 0.15) is 5.71 Å². The van der Waals surface area contributed by atoms with Crippen LogP contribution in [0.1, 0.15) is 80.5 Å². The van der Waals surface area contributed by atoms with Gasteiger partial charge in [-0.25, -0.2) is 4.79 Å². The molecule has 2 aromatic carbocycles. The Morgan fingerprint density at radius 3 is 2.30 bits per heavy atom. The predicted octanol–water partition coefficient (Wildman–Crippen LogP) is 6.13. The maximum atomic E-state index is 13.7. The van der Waals surface area contributed by atoms with Crippen LogP contribution in [-0.2, 0) is 9.63 Å². The number of ketones is 2. The molecular formula is C30H36N4O6. The third-order valence-electron chi connectivity index (χ3n) is 7.14. The van der Waals surface area contributed by atoms with Crippen molar-refractivity contribution in [3.8, 4) is 5.69 Å². The fourth-order valence-corrected chi connectivity index (χ4v) is 4.25.